The number of hydrogen-bond acceptors (Lipinski definition) is 3. The summed E-state index contributed by atoms with van der Waals surface area (Å²) in [6.45, 7) is 4.94. The van der Waals surface area contributed by atoms with Gasteiger partial charge in [0.15, 0.2) is 0 Å². The molecule has 0 radical (unpaired) electrons. The van der Waals surface area contributed by atoms with E-state index in [1.165, 1.54) is 0 Å². The van der Waals surface area contributed by atoms with Crippen LogP contribution in [0.1, 0.15) is 25.4 Å². The van der Waals surface area contributed by atoms with Gasteiger partial charge in [0.1, 0.15) is 11.0 Å². The molecule has 0 saturated heterocycles. The first-order valence-electron chi connectivity index (χ1n) is 5.13. The van der Waals surface area contributed by atoms with Gasteiger partial charge in [0.2, 0.25) is 0 Å². The SMILES string of the molecule is COCCc1nc(Cl)cc(CC(C)C)n1. The maximum atomic E-state index is 5.92. The molecule has 0 fully saturated rings. The number of rotatable bonds is 5. The molecule has 0 atom stereocenters. The summed E-state index contributed by atoms with van der Waals surface area (Å²) < 4.78 is 4.98. The summed E-state index contributed by atoms with van der Waals surface area (Å²) in [6, 6.07) is 1.83. The van der Waals surface area contributed by atoms with Crippen LogP contribution in [0.4, 0.5) is 0 Å². The van der Waals surface area contributed by atoms with E-state index in [1.54, 1.807) is 7.11 Å². The third-order valence-corrected chi connectivity index (χ3v) is 2.14. The van der Waals surface area contributed by atoms with Gasteiger partial charge < -0.3 is 4.74 Å². The molecule has 0 amide bonds. The van der Waals surface area contributed by atoms with Gasteiger partial charge in [0.05, 0.1) is 6.61 Å². The van der Waals surface area contributed by atoms with Crippen molar-refractivity contribution in [2.45, 2.75) is 26.7 Å². The van der Waals surface area contributed by atoms with Crippen LogP contribution in [0.15, 0.2) is 6.07 Å². The molecule has 4 heteroatoms. The lowest BCUT2D eigenvalue weighted by molar-refractivity contribution is 0.200. The summed E-state index contributed by atoms with van der Waals surface area (Å²) in [6.07, 6.45) is 1.64. The normalized spacial score (nSPS) is 11.0. The monoisotopic (exact) mass is 228 g/mol. The second-order valence-corrected chi connectivity index (χ2v) is 4.33. The van der Waals surface area contributed by atoms with E-state index in [4.69, 9.17) is 16.3 Å². The molecular formula is C11H17ClN2O. The highest BCUT2D eigenvalue weighted by Crippen LogP contribution is 2.11. The minimum Gasteiger partial charge on any atom is -0.384 e. The Kier molecular flexibility index (Phi) is 4.99. The van der Waals surface area contributed by atoms with Crippen molar-refractivity contribution >= 4 is 11.6 Å². The lowest BCUT2D eigenvalue weighted by Gasteiger charge is -2.06. The molecule has 0 aromatic carbocycles. The van der Waals surface area contributed by atoms with Crippen LogP contribution in [-0.4, -0.2) is 23.7 Å². The van der Waals surface area contributed by atoms with Gasteiger partial charge in [0.25, 0.3) is 0 Å². The standard InChI is InChI=1S/C11H17ClN2O/c1-8(2)6-9-7-10(12)14-11(13-9)4-5-15-3/h7-8H,4-6H2,1-3H3. The Bertz CT molecular complexity index is 315. The topological polar surface area (TPSA) is 35.0 Å². The molecular weight excluding hydrogens is 212 g/mol. The molecule has 0 aliphatic heterocycles. The lowest BCUT2D eigenvalue weighted by atomic mass is 10.1. The molecule has 3 nitrogen and oxygen atoms in total. The predicted molar refractivity (Wildman–Crippen MR) is 61.2 cm³/mol. The van der Waals surface area contributed by atoms with Crippen molar-refractivity contribution in [1.82, 2.24) is 9.97 Å². The van der Waals surface area contributed by atoms with Gasteiger partial charge in [-0.15, -0.1) is 0 Å². The van der Waals surface area contributed by atoms with E-state index < -0.39 is 0 Å². The Morgan fingerprint density at radius 1 is 1.40 bits per heavy atom. The Hall–Kier alpha value is -0.670. The maximum absolute atomic E-state index is 5.92. The molecule has 0 bridgehead atoms. The number of methoxy groups -OCH3 is 1. The number of halogens is 1. The summed E-state index contributed by atoms with van der Waals surface area (Å²) >= 11 is 5.92. The van der Waals surface area contributed by atoms with Crippen molar-refractivity contribution in [3.63, 3.8) is 0 Å². The first-order valence-corrected chi connectivity index (χ1v) is 5.51. The zero-order valence-corrected chi connectivity index (χ0v) is 10.2. The smallest absolute Gasteiger partial charge is 0.133 e. The number of ether oxygens (including phenoxy) is 1. The van der Waals surface area contributed by atoms with Crippen molar-refractivity contribution in [3.8, 4) is 0 Å². The van der Waals surface area contributed by atoms with Gasteiger partial charge in [-0.05, 0) is 18.4 Å². The molecule has 1 rings (SSSR count). The van der Waals surface area contributed by atoms with E-state index in [1.807, 2.05) is 6.07 Å². The third-order valence-electron chi connectivity index (χ3n) is 1.94. The molecule has 1 aromatic heterocycles. The van der Waals surface area contributed by atoms with Gasteiger partial charge in [-0.25, -0.2) is 9.97 Å². The molecule has 0 unspecified atom stereocenters. The van der Waals surface area contributed by atoms with E-state index in [0.717, 1.165) is 17.9 Å². The molecule has 84 valence electrons. The molecule has 0 spiro atoms. The zero-order valence-electron chi connectivity index (χ0n) is 9.46. The Balaban J connectivity index is 2.75. The van der Waals surface area contributed by atoms with Crippen molar-refractivity contribution in [2.24, 2.45) is 5.92 Å². The van der Waals surface area contributed by atoms with E-state index in [9.17, 15) is 0 Å². The highest BCUT2D eigenvalue weighted by Gasteiger charge is 2.05. The average molecular weight is 229 g/mol. The van der Waals surface area contributed by atoms with Crippen LogP contribution in [0.2, 0.25) is 5.15 Å². The fraction of sp³-hybridized carbons (Fsp3) is 0.636. The molecule has 15 heavy (non-hydrogen) atoms. The fourth-order valence-corrected chi connectivity index (χ4v) is 1.57. The number of aromatic nitrogens is 2. The van der Waals surface area contributed by atoms with Gasteiger partial charge in [0, 0.05) is 19.2 Å². The molecule has 1 aromatic rings. The third kappa shape index (κ3) is 4.58. The number of hydrogen-bond donors (Lipinski definition) is 0. The van der Waals surface area contributed by atoms with Crippen LogP contribution in [-0.2, 0) is 17.6 Å². The van der Waals surface area contributed by atoms with Crippen molar-refractivity contribution < 1.29 is 4.74 Å². The first kappa shape index (κ1) is 12.4. The van der Waals surface area contributed by atoms with Crippen LogP contribution in [0.5, 0.6) is 0 Å². The summed E-state index contributed by atoms with van der Waals surface area (Å²) in [7, 11) is 1.67. The van der Waals surface area contributed by atoms with Crippen molar-refractivity contribution in [2.75, 3.05) is 13.7 Å². The van der Waals surface area contributed by atoms with E-state index in [-0.39, 0.29) is 0 Å². The maximum Gasteiger partial charge on any atom is 0.133 e. The minimum absolute atomic E-state index is 0.520. The second-order valence-electron chi connectivity index (χ2n) is 3.94. The molecule has 0 aliphatic rings. The van der Waals surface area contributed by atoms with E-state index in [2.05, 4.69) is 23.8 Å². The zero-order chi connectivity index (χ0) is 11.3. The van der Waals surface area contributed by atoms with E-state index >= 15 is 0 Å². The Morgan fingerprint density at radius 2 is 2.13 bits per heavy atom. The molecule has 0 aliphatic carbocycles. The average Bonchev–Trinajstić information content (AvgIpc) is 2.12. The lowest BCUT2D eigenvalue weighted by Crippen LogP contribution is -2.05. The largest absolute Gasteiger partial charge is 0.384 e. The van der Waals surface area contributed by atoms with Crippen LogP contribution in [0.25, 0.3) is 0 Å². The second kappa shape index (κ2) is 6.03. The van der Waals surface area contributed by atoms with Crippen molar-refractivity contribution in [3.05, 3.63) is 22.7 Å². The minimum atomic E-state index is 0.520. The fourth-order valence-electron chi connectivity index (χ4n) is 1.34. The van der Waals surface area contributed by atoms with Crippen LogP contribution in [0, 0.1) is 5.92 Å². The summed E-state index contributed by atoms with van der Waals surface area (Å²) in [5.74, 6) is 1.34. The summed E-state index contributed by atoms with van der Waals surface area (Å²) in [5, 5.41) is 0.520. The Labute approximate surface area is 95.8 Å². The van der Waals surface area contributed by atoms with E-state index in [0.29, 0.717) is 24.1 Å². The highest BCUT2D eigenvalue weighted by atomic mass is 35.5. The van der Waals surface area contributed by atoms with Crippen LogP contribution >= 0.6 is 11.6 Å². The van der Waals surface area contributed by atoms with Gasteiger partial charge in [-0.3, -0.25) is 0 Å². The van der Waals surface area contributed by atoms with Crippen molar-refractivity contribution in [1.29, 1.82) is 0 Å². The first-order chi connectivity index (χ1) is 7.11. The predicted octanol–water partition coefficient (Wildman–Crippen LogP) is 2.52. The Morgan fingerprint density at radius 3 is 2.73 bits per heavy atom. The van der Waals surface area contributed by atoms with Crippen LogP contribution in [0.3, 0.4) is 0 Å². The van der Waals surface area contributed by atoms with Gasteiger partial charge >= 0.3 is 0 Å². The molecule has 1 heterocycles. The molecule has 0 N–H and O–H groups in total. The summed E-state index contributed by atoms with van der Waals surface area (Å²) in [4.78, 5) is 8.59. The quantitative estimate of drug-likeness (QED) is 0.727. The highest BCUT2D eigenvalue weighted by molar-refractivity contribution is 6.29. The summed E-state index contributed by atoms with van der Waals surface area (Å²) in [5.41, 5.74) is 1.01. The van der Waals surface area contributed by atoms with Gasteiger partial charge in [-0.2, -0.15) is 0 Å². The van der Waals surface area contributed by atoms with Gasteiger partial charge in [-0.1, -0.05) is 25.4 Å². The number of nitrogens with zero attached hydrogens (tertiary/aromatic N) is 2. The molecule has 0 saturated carbocycles. The van der Waals surface area contributed by atoms with Crippen LogP contribution < -0.4 is 0 Å².